The molecule has 2 fully saturated rings. The number of likely N-dealkylation sites (tertiary alicyclic amines) is 2. The molecule has 3 nitrogen and oxygen atoms in total. The van der Waals surface area contributed by atoms with Crippen molar-refractivity contribution in [3.8, 4) is 0 Å². The van der Waals surface area contributed by atoms with Crippen molar-refractivity contribution in [3.63, 3.8) is 0 Å². The molecular formula is C16H33N3. The first-order valence-electron chi connectivity index (χ1n) is 8.40. The third-order valence-corrected chi connectivity index (χ3v) is 5.04. The minimum Gasteiger partial charge on any atom is -0.320 e. The van der Waals surface area contributed by atoms with Crippen molar-refractivity contribution in [1.82, 2.24) is 15.1 Å². The Balaban J connectivity index is 1.61. The minimum absolute atomic E-state index is 0.779. The molecule has 2 aliphatic heterocycles. The summed E-state index contributed by atoms with van der Waals surface area (Å²) in [6.45, 7) is 10.3. The van der Waals surface area contributed by atoms with E-state index in [1.807, 2.05) is 0 Å². The van der Waals surface area contributed by atoms with E-state index < -0.39 is 0 Å². The predicted molar refractivity (Wildman–Crippen MR) is 82.6 cm³/mol. The Morgan fingerprint density at radius 1 is 1.11 bits per heavy atom. The highest BCUT2D eigenvalue weighted by molar-refractivity contribution is 4.79. The summed E-state index contributed by atoms with van der Waals surface area (Å²) >= 11 is 0. The summed E-state index contributed by atoms with van der Waals surface area (Å²) in [5.74, 6) is 0.971. The van der Waals surface area contributed by atoms with Crippen LogP contribution in [0.15, 0.2) is 0 Å². The number of hydrogen-bond acceptors (Lipinski definition) is 3. The minimum atomic E-state index is 0.779. The summed E-state index contributed by atoms with van der Waals surface area (Å²) in [7, 11) is 2.05. The Morgan fingerprint density at radius 3 is 2.42 bits per heavy atom. The van der Waals surface area contributed by atoms with Crippen molar-refractivity contribution in [2.24, 2.45) is 5.92 Å². The summed E-state index contributed by atoms with van der Waals surface area (Å²) < 4.78 is 0. The van der Waals surface area contributed by atoms with Gasteiger partial charge in [-0.25, -0.2) is 0 Å². The zero-order chi connectivity index (χ0) is 13.5. The Kier molecular flexibility index (Phi) is 6.62. The predicted octanol–water partition coefficient (Wildman–Crippen LogP) is 2.18. The lowest BCUT2D eigenvalue weighted by Gasteiger charge is -2.37. The second-order valence-electron chi connectivity index (χ2n) is 6.58. The molecular weight excluding hydrogens is 234 g/mol. The van der Waals surface area contributed by atoms with Crippen LogP contribution in [0.2, 0.25) is 0 Å². The van der Waals surface area contributed by atoms with E-state index in [0.29, 0.717) is 0 Å². The standard InChI is InChI=1S/C16H33N3/c1-15(6-5-9-17-2)19-12-7-16(8-13-19)14-18-10-3-4-11-18/h15-17H,3-14H2,1-2H3. The summed E-state index contributed by atoms with van der Waals surface area (Å²) in [6, 6.07) is 0.779. The lowest BCUT2D eigenvalue weighted by Crippen LogP contribution is -2.42. The van der Waals surface area contributed by atoms with Gasteiger partial charge >= 0.3 is 0 Å². The second kappa shape index (κ2) is 8.23. The number of piperidine rings is 1. The fraction of sp³-hybridized carbons (Fsp3) is 1.00. The molecule has 1 atom stereocenters. The molecule has 0 spiro atoms. The van der Waals surface area contributed by atoms with Crippen molar-refractivity contribution in [2.75, 3.05) is 46.3 Å². The van der Waals surface area contributed by atoms with Crippen LogP contribution in [0.25, 0.3) is 0 Å². The average Bonchev–Trinajstić information content (AvgIpc) is 2.93. The SMILES string of the molecule is CNCCCC(C)N1CCC(CN2CCCC2)CC1. The molecule has 0 aromatic heterocycles. The Morgan fingerprint density at radius 2 is 1.79 bits per heavy atom. The molecule has 0 radical (unpaired) electrons. The molecule has 0 aromatic rings. The molecule has 2 rings (SSSR count). The maximum atomic E-state index is 3.25. The van der Waals surface area contributed by atoms with Gasteiger partial charge in [-0.05, 0) is 91.1 Å². The van der Waals surface area contributed by atoms with Gasteiger partial charge in [-0.2, -0.15) is 0 Å². The Labute approximate surface area is 119 Å². The summed E-state index contributed by atoms with van der Waals surface area (Å²) in [4.78, 5) is 5.41. The average molecular weight is 267 g/mol. The quantitative estimate of drug-likeness (QED) is 0.713. The van der Waals surface area contributed by atoms with E-state index in [2.05, 4.69) is 29.1 Å². The van der Waals surface area contributed by atoms with Crippen LogP contribution in [0.1, 0.15) is 45.4 Å². The monoisotopic (exact) mass is 267 g/mol. The van der Waals surface area contributed by atoms with Gasteiger partial charge in [-0.1, -0.05) is 0 Å². The van der Waals surface area contributed by atoms with Crippen LogP contribution in [0, 0.1) is 5.92 Å². The lowest BCUT2D eigenvalue weighted by molar-refractivity contribution is 0.117. The van der Waals surface area contributed by atoms with E-state index >= 15 is 0 Å². The van der Waals surface area contributed by atoms with Crippen LogP contribution < -0.4 is 5.32 Å². The van der Waals surface area contributed by atoms with Crippen LogP contribution in [0.4, 0.5) is 0 Å². The topological polar surface area (TPSA) is 18.5 Å². The van der Waals surface area contributed by atoms with Gasteiger partial charge in [0.05, 0.1) is 0 Å². The largest absolute Gasteiger partial charge is 0.320 e. The zero-order valence-corrected chi connectivity index (χ0v) is 13.0. The van der Waals surface area contributed by atoms with Gasteiger partial charge in [0.1, 0.15) is 0 Å². The molecule has 0 bridgehead atoms. The van der Waals surface area contributed by atoms with Gasteiger partial charge in [0.2, 0.25) is 0 Å². The molecule has 2 saturated heterocycles. The Bertz CT molecular complexity index is 230. The molecule has 1 N–H and O–H groups in total. The van der Waals surface area contributed by atoms with Gasteiger partial charge in [-0.15, -0.1) is 0 Å². The Hall–Kier alpha value is -0.120. The van der Waals surface area contributed by atoms with Gasteiger partial charge in [0.15, 0.2) is 0 Å². The first-order valence-corrected chi connectivity index (χ1v) is 8.40. The van der Waals surface area contributed by atoms with E-state index in [-0.39, 0.29) is 0 Å². The number of nitrogens with one attached hydrogen (secondary N) is 1. The maximum absolute atomic E-state index is 3.25. The van der Waals surface area contributed by atoms with E-state index in [9.17, 15) is 0 Å². The molecule has 19 heavy (non-hydrogen) atoms. The highest BCUT2D eigenvalue weighted by Gasteiger charge is 2.24. The molecule has 0 aliphatic carbocycles. The van der Waals surface area contributed by atoms with Crippen LogP contribution in [0.5, 0.6) is 0 Å². The first kappa shape index (κ1) is 15.3. The molecule has 2 aliphatic rings. The van der Waals surface area contributed by atoms with Crippen LogP contribution >= 0.6 is 0 Å². The summed E-state index contributed by atoms with van der Waals surface area (Å²) in [5, 5.41) is 3.25. The first-order chi connectivity index (χ1) is 9.29. The van der Waals surface area contributed by atoms with Crippen molar-refractivity contribution in [1.29, 1.82) is 0 Å². The van der Waals surface area contributed by atoms with Gasteiger partial charge < -0.3 is 15.1 Å². The fourth-order valence-electron chi connectivity index (χ4n) is 3.66. The van der Waals surface area contributed by atoms with Crippen molar-refractivity contribution in [2.45, 2.75) is 51.5 Å². The van der Waals surface area contributed by atoms with Crippen molar-refractivity contribution in [3.05, 3.63) is 0 Å². The van der Waals surface area contributed by atoms with Gasteiger partial charge in [0, 0.05) is 12.6 Å². The molecule has 0 aromatic carbocycles. The zero-order valence-electron chi connectivity index (χ0n) is 13.0. The molecule has 3 heteroatoms. The number of rotatable bonds is 7. The maximum Gasteiger partial charge on any atom is 0.00674 e. The third-order valence-electron chi connectivity index (χ3n) is 5.04. The molecule has 112 valence electrons. The molecule has 1 unspecified atom stereocenters. The summed E-state index contributed by atoms with van der Waals surface area (Å²) in [5.41, 5.74) is 0. The van der Waals surface area contributed by atoms with Crippen LogP contribution in [-0.2, 0) is 0 Å². The number of hydrogen-bond donors (Lipinski definition) is 1. The van der Waals surface area contributed by atoms with E-state index in [1.165, 1.54) is 71.2 Å². The van der Waals surface area contributed by atoms with E-state index in [0.717, 1.165) is 18.5 Å². The van der Waals surface area contributed by atoms with E-state index in [1.54, 1.807) is 0 Å². The number of nitrogens with zero attached hydrogens (tertiary/aromatic N) is 2. The lowest BCUT2D eigenvalue weighted by atomic mass is 9.94. The van der Waals surface area contributed by atoms with Crippen LogP contribution in [0.3, 0.4) is 0 Å². The molecule has 0 amide bonds. The molecule has 0 saturated carbocycles. The highest BCUT2D eigenvalue weighted by atomic mass is 15.2. The fourth-order valence-corrected chi connectivity index (χ4v) is 3.66. The molecule has 2 heterocycles. The summed E-state index contributed by atoms with van der Waals surface area (Å²) in [6.07, 6.45) is 8.37. The smallest absolute Gasteiger partial charge is 0.00674 e. The van der Waals surface area contributed by atoms with Crippen LogP contribution in [-0.4, -0.2) is 62.2 Å². The van der Waals surface area contributed by atoms with Crippen molar-refractivity contribution >= 4 is 0 Å². The highest BCUT2D eigenvalue weighted by Crippen LogP contribution is 2.22. The van der Waals surface area contributed by atoms with Gasteiger partial charge in [0.25, 0.3) is 0 Å². The van der Waals surface area contributed by atoms with Gasteiger partial charge in [-0.3, -0.25) is 0 Å². The third kappa shape index (κ3) is 5.05. The van der Waals surface area contributed by atoms with E-state index in [4.69, 9.17) is 0 Å². The normalized spacial score (nSPS) is 24.9. The van der Waals surface area contributed by atoms with Crippen molar-refractivity contribution < 1.29 is 0 Å². The second-order valence-corrected chi connectivity index (χ2v) is 6.58.